The van der Waals surface area contributed by atoms with E-state index in [2.05, 4.69) is 20.1 Å². The van der Waals surface area contributed by atoms with Gasteiger partial charge in [0.15, 0.2) is 4.77 Å². The number of amides is 1. The predicted molar refractivity (Wildman–Crippen MR) is 137 cm³/mol. The fourth-order valence-electron chi connectivity index (χ4n) is 4.29. The van der Waals surface area contributed by atoms with Crippen LogP contribution in [0.25, 0.3) is 10.9 Å². The molecule has 2 aromatic carbocycles. The van der Waals surface area contributed by atoms with Gasteiger partial charge in [0.1, 0.15) is 12.4 Å². The lowest BCUT2D eigenvalue weighted by Crippen LogP contribution is -2.47. The fourth-order valence-corrected chi connectivity index (χ4v) is 4.55. The first-order valence-corrected chi connectivity index (χ1v) is 12.1. The molecule has 0 saturated carbocycles. The summed E-state index contributed by atoms with van der Waals surface area (Å²) in [4.78, 5) is 44.3. The summed E-state index contributed by atoms with van der Waals surface area (Å²) in [7, 11) is 1.28. The van der Waals surface area contributed by atoms with E-state index in [1.807, 2.05) is 6.07 Å². The standard InChI is InChI=1S/C25H28FN5O4S/c1-35-24(34)17-7-8-18-20(15-17)28-25(36)31(23(18)33)16-22(32)27-9-4-10-29-11-13-30(14-12-29)21-6-3-2-5-19(21)26/h2-3,5-8,15H,4,9-14,16H2,1H3,(H,27,32)(H,28,36). The van der Waals surface area contributed by atoms with Crippen molar-refractivity contribution in [1.82, 2.24) is 19.8 Å². The van der Waals surface area contributed by atoms with Crippen molar-refractivity contribution in [2.24, 2.45) is 0 Å². The number of methoxy groups -OCH3 is 1. The molecular weight excluding hydrogens is 485 g/mol. The second kappa shape index (κ2) is 11.4. The number of H-pyrrole nitrogens is 1. The molecule has 1 saturated heterocycles. The van der Waals surface area contributed by atoms with Crippen molar-refractivity contribution in [2.75, 3.05) is 51.3 Å². The van der Waals surface area contributed by atoms with Gasteiger partial charge in [-0.1, -0.05) is 12.1 Å². The lowest BCUT2D eigenvalue weighted by atomic mass is 10.1. The van der Waals surface area contributed by atoms with E-state index >= 15 is 0 Å². The molecule has 0 atom stereocenters. The van der Waals surface area contributed by atoms with Crippen LogP contribution < -0.4 is 15.8 Å². The monoisotopic (exact) mass is 513 g/mol. The number of hydrogen-bond acceptors (Lipinski definition) is 7. The number of nitrogens with one attached hydrogen (secondary N) is 2. The molecule has 1 aliphatic heterocycles. The topological polar surface area (TPSA) is 99.7 Å². The van der Waals surface area contributed by atoms with E-state index in [4.69, 9.17) is 17.0 Å². The lowest BCUT2D eigenvalue weighted by Gasteiger charge is -2.36. The highest BCUT2D eigenvalue weighted by Gasteiger charge is 2.19. The Morgan fingerprint density at radius 2 is 1.89 bits per heavy atom. The number of para-hydroxylation sites is 1. The first-order chi connectivity index (χ1) is 17.4. The van der Waals surface area contributed by atoms with Crippen molar-refractivity contribution < 1.29 is 18.7 Å². The summed E-state index contributed by atoms with van der Waals surface area (Å²) in [6, 6.07) is 11.3. The zero-order valence-electron chi connectivity index (χ0n) is 20.0. The van der Waals surface area contributed by atoms with Crippen LogP contribution >= 0.6 is 12.2 Å². The minimum atomic E-state index is -0.522. The number of nitrogens with zero attached hydrogens (tertiary/aromatic N) is 3. The molecule has 1 aromatic heterocycles. The average Bonchev–Trinajstić information content (AvgIpc) is 2.89. The maximum Gasteiger partial charge on any atom is 0.337 e. The van der Waals surface area contributed by atoms with Crippen LogP contribution in [-0.4, -0.2) is 72.7 Å². The molecular formula is C25H28FN5O4S. The molecule has 0 unspecified atom stereocenters. The predicted octanol–water partition coefficient (Wildman–Crippen LogP) is 2.31. The first kappa shape index (κ1) is 25.5. The van der Waals surface area contributed by atoms with E-state index in [-0.39, 0.29) is 23.0 Å². The summed E-state index contributed by atoms with van der Waals surface area (Å²) < 4.78 is 20.0. The second-order valence-electron chi connectivity index (χ2n) is 8.56. The highest BCUT2D eigenvalue weighted by molar-refractivity contribution is 7.71. The SMILES string of the molecule is COC(=O)c1ccc2c(=O)n(CC(=O)NCCCN3CCN(c4ccccc4F)CC3)c(=S)[nH]c2c1. The molecule has 0 bridgehead atoms. The molecule has 9 nitrogen and oxygen atoms in total. The fraction of sp³-hybridized carbons (Fsp3) is 0.360. The van der Waals surface area contributed by atoms with Gasteiger partial charge in [0.25, 0.3) is 5.56 Å². The van der Waals surface area contributed by atoms with Gasteiger partial charge in [-0.05, 0) is 55.5 Å². The van der Waals surface area contributed by atoms with E-state index < -0.39 is 11.5 Å². The summed E-state index contributed by atoms with van der Waals surface area (Å²) in [5.74, 6) is -1.04. The van der Waals surface area contributed by atoms with Gasteiger partial charge in [-0.3, -0.25) is 19.1 Å². The third-order valence-corrected chi connectivity index (χ3v) is 6.57. The third kappa shape index (κ3) is 5.80. The van der Waals surface area contributed by atoms with Gasteiger partial charge < -0.3 is 19.9 Å². The maximum atomic E-state index is 14.0. The number of halogens is 1. The van der Waals surface area contributed by atoms with E-state index in [1.54, 1.807) is 12.1 Å². The summed E-state index contributed by atoms with van der Waals surface area (Å²) in [5.41, 5.74) is 0.919. The van der Waals surface area contributed by atoms with E-state index in [9.17, 15) is 18.8 Å². The quantitative estimate of drug-likeness (QED) is 0.271. The Balaban J connectivity index is 1.26. The van der Waals surface area contributed by atoms with Gasteiger partial charge in [0.2, 0.25) is 5.91 Å². The maximum absolute atomic E-state index is 14.0. The number of esters is 1. The summed E-state index contributed by atoms with van der Waals surface area (Å²) in [6.45, 7) is 4.21. The van der Waals surface area contributed by atoms with Crippen LogP contribution in [0, 0.1) is 10.6 Å². The summed E-state index contributed by atoms with van der Waals surface area (Å²) in [5, 5.41) is 3.16. The van der Waals surface area contributed by atoms with E-state index in [0.717, 1.165) is 39.1 Å². The number of anilines is 1. The molecule has 0 aliphatic carbocycles. The number of fused-ring (bicyclic) bond motifs is 1. The van der Waals surface area contributed by atoms with Crippen molar-refractivity contribution in [1.29, 1.82) is 0 Å². The van der Waals surface area contributed by atoms with Gasteiger partial charge in [0, 0.05) is 32.7 Å². The molecule has 2 heterocycles. The number of benzene rings is 2. The number of ether oxygens (including phenoxy) is 1. The minimum Gasteiger partial charge on any atom is -0.465 e. The molecule has 1 fully saturated rings. The van der Waals surface area contributed by atoms with Gasteiger partial charge in [0.05, 0.1) is 29.3 Å². The molecule has 190 valence electrons. The molecule has 0 radical (unpaired) electrons. The number of aromatic nitrogens is 2. The number of aromatic amines is 1. The van der Waals surface area contributed by atoms with Crippen LogP contribution in [0.5, 0.6) is 0 Å². The number of hydrogen-bond donors (Lipinski definition) is 2. The first-order valence-electron chi connectivity index (χ1n) is 11.7. The minimum absolute atomic E-state index is 0.0948. The van der Waals surface area contributed by atoms with Crippen molar-refractivity contribution in [3.8, 4) is 0 Å². The van der Waals surface area contributed by atoms with E-state index in [0.29, 0.717) is 28.7 Å². The van der Waals surface area contributed by atoms with Gasteiger partial charge in [-0.2, -0.15) is 0 Å². The van der Waals surface area contributed by atoms with Crippen LogP contribution in [0.3, 0.4) is 0 Å². The molecule has 1 aliphatic rings. The molecule has 1 amide bonds. The van der Waals surface area contributed by atoms with Crippen LogP contribution in [0.1, 0.15) is 16.8 Å². The number of rotatable bonds is 8. The van der Waals surface area contributed by atoms with Crippen LogP contribution in [0.15, 0.2) is 47.3 Å². The zero-order chi connectivity index (χ0) is 25.7. The van der Waals surface area contributed by atoms with E-state index in [1.165, 1.54) is 35.9 Å². The lowest BCUT2D eigenvalue weighted by molar-refractivity contribution is -0.121. The molecule has 4 rings (SSSR count). The Labute approximate surface area is 212 Å². The zero-order valence-corrected chi connectivity index (χ0v) is 20.8. The Bertz CT molecular complexity index is 1380. The van der Waals surface area contributed by atoms with Gasteiger partial charge in [-0.15, -0.1) is 0 Å². The highest BCUT2D eigenvalue weighted by Crippen LogP contribution is 2.20. The normalized spacial score (nSPS) is 14.1. The van der Waals surface area contributed by atoms with Crippen molar-refractivity contribution in [3.05, 3.63) is 69.0 Å². The third-order valence-electron chi connectivity index (χ3n) is 6.24. The largest absolute Gasteiger partial charge is 0.465 e. The molecule has 0 spiro atoms. The van der Waals surface area contributed by atoms with Crippen LogP contribution in [0.2, 0.25) is 0 Å². The number of piperazine rings is 1. The van der Waals surface area contributed by atoms with Crippen molar-refractivity contribution in [3.63, 3.8) is 0 Å². The van der Waals surface area contributed by atoms with Gasteiger partial charge >= 0.3 is 5.97 Å². The van der Waals surface area contributed by atoms with Crippen molar-refractivity contribution in [2.45, 2.75) is 13.0 Å². The number of carbonyl (C=O) groups is 2. The average molecular weight is 514 g/mol. The van der Waals surface area contributed by atoms with Crippen LogP contribution in [-0.2, 0) is 16.1 Å². The highest BCUT2D eigenvalue weighted by atomic mass is 32.1. The van der Waals surface area contributed by atoms with Crippen LogP contribution in [0.4, 0.5) is 10.1 Å². The number of carbonyl (C=O) groups excluding carboxylic acids is 2. The molecule has 3 aromatic rings. The summed E-state index contributed by atoms with van der Waals surface area (Å²) in [6.07, 6.45) is 0.751. The second-order valence-corrected chi connectivity index (χ2v) is 8.94. The smallest absolute Gasteiger partial charge is 0.337 e. The molecule has 36 heavy (non-hydrogen) atoms. The molecule has 2 N–H and O–H groups in total. The Kier molecular flexibility index (Phi) is 8.11. The van der Waals surface area contributed by atoms with Gasteiger partial charge in [-0.25, -0.2) is 9.18 Å². The Morgan fingerprint density at radius 3 is 2.61 bits per heavy atom. The molecule has 11 heteroatoms. The Hall–Kier alpha value is -3.57. The van der Waals surface area contributed by atoms with Crippen molar-refractivity contribution >= 4 is 40.7 Å². The summed E-state index contributed by atoms with van der Waals surface area (Å²) >= 11 is 5.27. The Morgan fingerprint density at radius 1 is 1.14 bits per heavy atom.